The predicted octanol–water partition coefficient (Wildman–Crippen LogP) is 8.43. The highest BCUT2D eigenvalue weighted by molar-refractivity contribution is 5.66. The first kappa shape index (κ1) is 24.1. The summed E-state index contributed by atoms with van der Waals surface area (Å²) >= 11 is 0. The standard InChI is InChI=1S/C30H48O2/c1-20(2)21-11-14-30(8)24(28(21,6)13-12-25(31)32)10-9-22-23-19-26(3,4)15-16-27(23,5)17-18-29(22,30)7/h19,21-22,24H,1,9-18H2,2-8H3,(H,31,32)/t21-,22+,24+,27+,28-,29+,30+/m0/s1. The molecular weight excluding hydrogens is 392 g/mol. The Kier molecular flexibility index (Phi) is 5.63. The van der Waals surface area contributed by atoms with Gasteiger partial charge in [0.15, 0.2) is 0 Å². The van der Waals surface area contributed by atoms with Crippen LogP contribution in [0.5, 0.6) is 0 Å². The summed E-state index contributed by atoms with van der Waals surface area (Å²) in [5.41, 5.74) is 4.37. The molecule has 7 atom stereocenters. The molecule has 1 N–H and O–H groups in total. The Hall–Kier alpha value is -1.05. The summed E-state index contributed by atoms with van der Waals surface area (Å²) in [6.07, 6.45) is 14.0. The van der Waals surface area contributed by atoms with E-state index in [4.69, 9.17) is 0 Å². The average molecular weight is 441 g/mol. The number of carboxylic acid groups (broad SMARTS) is 1. The number of allylic oxidation sites excluding steroid dienone is 3. The largest absolute Gasteiger partial charge is 0.481 e. The molecule has 0 aliphatic heterocycles. The van der Waals surface area contributed by atoms with Crippen LogP contribution < -0.4 is 0 Å². The van der Waals surface area contributed by atoms with Crippen LogP contribution in [-0.2, 0) is 4.79 Å². The van der Waals surface area contributed by atoms with Gasteiger partial charge in [-0.3, -0.25) is 4.79 Å². The maximum atomic E-state index is 11.6. The van der Waals surface area contributed by atoms with E-state index in [-0.39, 0.29) is 17.3 Å². The van der Waals surface area contributed by atoms with Crippen LogP contribution in [0.15, 0.2) is 23.8 Å². The highest BCUT2D eigenvalue weighted by Crippen LogP contribution is 2.74. The number of hydrogen-bond acceptors (Lipinski definition) is 1. The van der Waals surface area contributed by atoms with Gasteiger partial charge in [-0.1, -0.05) is 65.3 Å². The third-order valence-corrected chi connectivity index (χ3v) is 11.7. The van der Waals surface area contributed by atoms with E-state index in [1.165, 1.54) is 56.9 Å². The quantitative estimate of drug-likeness (QED) is 0.445. The SMILES string of the molecule is C=C(C)[C@@H]1CC[C@]2(C)[C@H](CC[C@@H]3C4=CC(C)(C)CC[C@]4(C)CC[C@]32C)[C@@]1(C)CCC(=O)O. The Balaban J connectivity index is 1.77. The van der Waals surface area contributed by atoms with Crippen molar-refractivity contribution in [1.29, 1.82) is 0 Å². The number of fused-ring (bicyclic) bond motifs is 5. The van der Waals surface area contributed by atoms with Gasteiger partial charge >= 0.3 is 5.97 Å². The van der Waals surface area contributed by atoms with E-state index in [2.05, 4.69) is 61.1 Å². The third kappa shape index (κ3) is 3.37. The molecule has 0 bridgehead atoms. The van der Waals surface area contributed by atoms with Crippen LogP contribution in [-0.4, -0.2) is 11.1 Å². The minimum absolute atomic E-state index is 0.0339. The number of rotatable bonds is 4. The fourth-order valence-electron chi connectivity index (χ4n) is 9.53. The maximum Gasteiger partial charge on any atom is 0.303 e. The molecule has 4 rings (SSSR count). The van der Waals surface area contributed by atoms with E-state index in [0.717, 1.165) is 6.42 Å². The van der Waals surface area contributed by atoms with Crippen LogP contribution in [0.4, 0.5) is 0 Å². The molecule has 4 aliphatic rings. The first-order valence-electron chi connectivity index (χ1n) is 13.3. The minimum atomic E-state index is -0.651. The van der Waals surface area contributed by atoms with Crippen molar-refractivity contribution in [1.82, 2.24) is 0 Å². The number of hydrogen-bond donors (Lipinski definition) is 1. The Morgan fingerprint density at radius 3 is 2.25 bits per heavy atom. The van der Waals surface area contributed by atoms with E-state index >= 15 is 0 Å². The summed E-state index contributed by atoms with van der Waals surface area (Å²) in [7, 11) is 0. The Bertz CT molecular complexity index is 836. The lowest BCUT2D eigenvalue weighted by molar-refractivity contribution is -0.184. The molecule has 2 heteroatoms. The first-order chi connectivity index (χ1) is 14.7. The molecule has 180 valence electrons. The highest BCUT2D eigenvalue weighted by atomic mass is 16.4. The van der Waals surface area contributed by atoms with Crippen LogP contribution in [0.1, 0.15) is 113 Å². The van der Waals surface area contributed by atoms with E-state index in [9.17, 15) is 9.90 Å². The van der Waals surface area contributed by atoms with E-state index < -0.39 is 5.97 Å². The van der Waals surface area contributed by atoms with E-state index in [0.29, 0.717) is 34.0 Å². The lowest BCUT2D eigenvalue weighted by Gasteiger charge is -2.70. The summed E-state index contributed by atoms with van der Waals surface area (Å²) in [5.74, 6) is 1.06. The molecule has 0 amide bonds. The lowest BCUT2D eigenvalue weighted by Crippen LogP contribution is -2.62. The van der Waals surface area contributed by atoms with Crippen molar-refractivity contribution >= 4 is 5.97 Å². The fourth-order valence-corrected chi connectivity index (χ4v) is 9.53. The second-order valence-electron chi connectivity index (χ2n) is 14.0. The summed E-state index contributed by atoms with van der Waals surface area (Å²) in [4.78, 5) is 11.6. The summed E-state index contributed by atoms with van der Waals surface area (Å²) in [6.45, 7) is 21.6. The maximum absolute atomic E-state index is 11.6. The van der Waals surface area contributed by atoms with Crippen molar-refractivity contribution in [3.8, 4) is 0 Å². The average Bonchev–Trinajstić information content (AvgIpc) is 2.68. The van der Waals surface area contributed by atoms with E-state index in [1.807, 2.05) is 0 Å². The minimum Gasteiger partial charge on any atom is -0.481 e. The van der Waals surface area contributed by atoms with Gasteiger partial charge in [-0.2, -0.15) is 0 Å². The van der Waals surface area contributed by atoms with Crippen molar-refractivity contribution in [2.24, 2.45) is 44.8 Å². The van der Waals surface area contributed by atoms with Gasteiger partial charge in [-0.25, -0.2) is 0 Å². The molecule has 0 aromatic carbocycles. The van der Waals surface area contributed by atoms with Gasteiger partial charge in [-0.05, 0) is 110 Å². The molecule has 0 saturated heterocycles. The monoisotopic (exact) mass is 440 g/mol. The van der Waals surface area contributed by atoms with Gasteiger partial charge < -0.3 is 5.11 Å². The number of aliphatic carboxylic acids is 1. The van der Waals surface area contributed by atoms with Crippen molar-refractivity contribution < 1.29 is 9.90 Å². The van der Waals surface area contributed by atoms with Crippen molar-refractivity contribution in [3.05, 3.63) is 23.8 Å². The van der Waals surface area contributed by atoms with Gasteiger partial charge in [0.05, 0.1) is 0 Å². The molecule has 0 aromatic rings. The number of carbonyl (C=O) groups is 1. The van der Waals surface area contributed by atoms with Gasteiger partial charge in [0.25, 0.3) is 0 Å². The molecule has 0 aromatic heterocycles. The van der Waals surface area contributed by atoms with Crippen LogP contribution >= 0.6 is 0 Å². The lowest BCUT2D eigenvalue weighted by atomic mass is 9.34. The molecule has 4 aliphatic carbocycles. The van der Waals surface area contributed by atoms with Crippen molar-refractivity contribution in [2.75, 3.05) is 0 Å². The second kappa shape index (κ2) is 7.47. The molecule has 0 radical (unpaired) electrons. The second-order valence-corrected chi connectivity index (χ2v) is 14.0. The van der Waals surface area contributed by atoms with Crippen molar-refractivity contribution in [3.63, 3.8) is 0 Å². The third-order valence-electron chi connectivity index (χ3n) is 11.7. The van der Waals surface area contributed by atoms with Crippen LogP contribution in [0.2, 0.25) is 0 Å². The summed E-state index contributed by atoms with van der Waals surface area (Å²) in [6, 6.07) is 0. The smallest absolute Gasteiger partial charge is 0.303 e. The van der Waals surface area contributed by atoms with E-state index in [1.54, 1.807) is 5.57 Å². The topological polar surface area (TPSA) is 37.3 Å². The Labute approximate surface area is 197 Å². The molecule has 0 spiro atoms. The molecular formula is C30H48O2. The first-order valence-corrected chi connectivity index (χ1v) is 13.3. The van der Waals surface area contributed by atoms with Crippen LogP contribution in [0.25, 0.3) is 0 Å². The molecule has 2 nitrogen and oxygen atoms in total. The Morgan fingerprint density at radius 1 is 0.969 bits per heavy atom. The van der Waals surface area contributed by atoms with Crippen molar-refractivity contribution in [2.45, 2.75) is 113 Å². The molecule has 3 saturated carbocycles. The predicted molar refractivity (Wildman–Crippen MR) is 133 cm³/mol. The molecule has 32 heavy (non-hydrogen) atoms. The zero-order chi connectivity index (χ0) is 23.7. The zero-order valence-corrected chi connectivity index (χ0v) is 21.9. The zero-order valence-electron chi connectivity index (χ0n) is 21.9. The van der Waals surface area contributed by atoms with Gasteiger partial charge in [-0.15, -0.1) is 0 Å². The van der Waals surface area contributed by atoms with Crippen LogP contribution in [0.3, 0.4) is 0 Å². The van der Waals surface area contributed by atoms with Gasteiger partial charge in [0, 0.05) is 6.42 Å². The highest BCUT2D eigenvalue weighted by Gasteiger charge is 2.66. The summed E-state index contributed by atoms with van der Waals surface area (Å²) in [5, 5.41) is 9.56. The van der Waals surface area contributed by atoms with Gasteiger partial charge in [0.2, 0.25) is 0 Å². The summed E-state index contributed by atoms with van der Waals surface area (Å²) < 4.78 is 0. The molecule has 0 unspecified atom stereocenters. The Morgan fingerprint density at radius 2 is 1.62 bits per heavy atom. The molecule has 0 heterocycles. The molecule has 3 fully saturated rings. The normalized spacial score (nSPS) is 47.5. The fraction of sp³-hybridized carbons (Fsp3) is 0.833. The van der Waals surface area contributed by atoms with Crippen LogP contribution in [0, 0.1) is 44.8 Å². The number of carboxylic acids is 1. The van der Waals surface area contributed by atoms with Gasteiger partial charge in [0.1, 0.15) is 0 Å².